The second-order valence-corrected chi connectivity index (χ2v) is 9.54. The van der Waals surface area contributed by atoms with Crippen LogP contribution in [0.2, 0.25) is 5.02 Å². The van der Waals surface area contributed by atoms with Crippen molar-refractivity contribution in [1.29, 1.82) is 10.5 Å². The molecule has 0 saturated heterocycles. The zero-order valence-corrected chi connectivity index (χ0v) is 18.8. The van der Waals surface area contributed by atoms with Crippen molar-refractivity contribution in [3.8, 4) is 23.4 Å². The molecule has 1 aromatic carbocycles. The summed E-state index contributed by atoms with van der Waals surface area (Å²) >= 11 is 8.66. The Kier molecular flexibility index (Phi) is 6.58. The maximum atomic E-state index is 12.6. The summed E-state index contributed by atoms with van der Waals surface area (Å²) in [5, 5.41) is 23.6. The molecule has 2 aromatic heterocycles. The van der Waals surface area contributed by atoms with E-state index >= 15 is 0 Å². The third-order valence-corrected chi connectivity index (χ3v) is 7.45. The molecule has 1 aliphatic rings. The minimum absolute atomic E-state index is 0.0964. The fourth-order valence-corrected chi connectivity index (χ4v) is 5.64. The Bertz CT molecular complexity index is 1220. The molecule has 4 rings (SSSR count). The molecule has 1 amide bonds. The number of thiophene rings is 1. The molecule has 3 aromatic rings. The number of carbonyl (C=O) groups is 1. The standard InChI is InChI=1S/C23H17ClN4OS2/c24-16-8-5-14(6-9-16)19-10-7-15(11-25)22(27-19)30-13-21(29)28-23-18(12-26)17-3-1-2-4-20(17)31-23/h5-10H,1-4,13H2,(H,28,29). The molecule has 0 spiro atoms. The number of aromatic nitrogens is 1. The molecular formula is C23H17ClN4OS2. The van der Waals surface area contributed by atoms with Gasteiger partial charge in [0, 0.05) is 15.5 Å². The summed E-state index contributed by atoms with van der Waals surface area (Å²) in [7, 11) is 0. The van der Waals surface area contributed by atoms with Gasteiger partial charge in [-0.05, 0) is 55.5 Å². The van der Waals surface area contributed by atoms with Crippen molar-refractivity contribution < 1.29 is 4.79 Å². The van der Waals surface area contributed by atoms with Crippen LogP contribution in [-0.2, 0) is 17.6 Å². The number of amides is 1. The molecular weight excluding hydrogens is 448 g/mol. The second kappa shape index (κ2) is 9.53. The molecule has 0 fully saturated rings. The first-order valence-electron chi connectivity index (χ1n) is 9.73. The maximum Gasteiger partial charge on any atom is 0.235 e. The van der Waals surface area contributed by atoms with E-state index in [1.165, 1.54) is 28.0 Å². The van der Waals surface area contributed by atoms with E-state index < -0.39 is 0 Å². The largest absolute Gasteiger partial charge is 0.316 e. The number of carbonyl (C=O) groups excluding carboxylic acids is 1. The minimum Gasteiger partial charge on any atom is -0.316 e. The summed E-state index contributed by atoms with van der Waals surface area (Å²) in [4.78, 5) is 18.4. The van der Waals surface area contributed by atoms with E-state index in [2.05, 4.69) is 22.4 Å². The van der Waals surface area contributed by atoms with Crippen LogP contribution in [0.15, 0.2) is 41.4 Å². The Hall–Kier alpha value is -2.84. The predicted molar refractivity (Wildman–Crippen MR) is 124 cm³/mol. The molecule has 0 unspecified atom stereocenters. The molecule has 1 N–H and O–H groups in total. The van der Waals surface area contributed by atoms with Gasteiger partial charge in [0.1, 0.15) is 22.2 Å². The fraction of sp³-hybridized carbons (Fsp3) is 0.217. The number of fused-ring (bicyclic) bond motifs is 1. The SMILES string of the molecule is N#Cc1ccc(-c2ccc(Cl)cc2)nc1SCC(=O)Nc1sc2c(c1C#N)CCCC2. The van der Waals surface area contributed by atoms with Gasteiger partial charge in [-0.25, -0.2) is 4.98 Å². The van der Waals surface area contributed by atoms with E-state index in [1.54, 1.807) is 24.3 Å². The van der Waals surface area contributed by atoms with Gasteiger partial charge in [0.25, 0.3) is 0 Å². The van der Waals surface area contributed by atoms with E-state index in [0.29, 0.717) is 31.9 Å². The van der Waals surface area contributed by atoms with Crippen molar-refractivity contribution in [1.82, 2.24) is 4.98 Å². The highest BCUT2D eigenvalue weighted by molar-refractivity contribution is 8.00. The average molecular weight is 465 g/mol. The fourth-order valence-electron chi connectivity index (χ4n) is 3.49. The zero-order valence-electron chi connectivity index (χ0n) is 16.4. The molecule has 0 aliphatic heterocycles. The number of hydrogen-bond donors (Lipinski definition) is 1. The van der Waals surface area contributed by atoms with Crippen LogP contribution in [-0.4, -0.2) is 16.6 Å². The average Bonchev–Trinajstić information content (AvgIpc) is 3.14. The van der Waals surface area contributed by atoms with Crippen LogP contribution >= 0.6 is 34.7 Å². The second-order valence-electron chi connectivity index (χ2n) is 7.03. The Labute approximate surface area is 193 Å². The molecule has 0 atom stereocenters. The summed E-state index contributed by atoms with van der Waals surface area (Å²) < 4.78 is 0. The van der Waals surface area contributed by atoms with Crippen molar-refractivity contribution >= 4 is 45.6 Å². The molecule has 5 nitrogen and oxygen atoms in total. The molecule has 0 saturated carbocycles. The number of anilines is 1. The van der Waals surface area contributed by atoms with E-state index in [1.807, 2.05) is 12.1 Å². The van der Waals surface area contributed by atoms with Gasteiger partial charge in [0.05, 0.1) is 22.6 Å². The maximum absolute atomic E-state index is 12.6. The number of pyridine rings is 1. The summed E-state index contributed by atoms with van der Waals surface area (Å²) in [6, 6.07) is 15.2. The van der Waals surface area contributed by atoms with Crippen LogP contribution in [0.1, 0.15) is 34.4 Å². The van der Waals surface area contributed by atoms with E-state index in [-0.39, 0.29) is 11.7 Å². The summed E-state index contributed by atoms with van der Waals surface area (Å²) in [5.41, 5.74) is 3.68. The first-order chi connectivity index (χ1) is 15.1. The van der Waals surface area contributed by atoms with Crippen LogP contribution < -0.4 is 5.32 Å². The normalized spacial score (nSPS) is 12.5. The lowest BCUT2D eigenvalue weighted by molar-refractivity contribution is -0.113. The highest BCUT2D eigenvalue weighted by Gasteiger charge is 2.22. The number of nitrogens with one attached hydrogen (secondary N) is 1. The zero-order chi connectivity index (χ0) is 21.8. The summed E-state index contributed by atoms with van der Waals surface area (Å²) in [6.07, 6.45) is 4.06. The topological polar surface area (TPSA) is 89.6 Å². The number of aryl methyl sites for hydroxylation is 1. The van der Waals surface area contributed by atoms with Gasteiger partial charge in [0.2, 0.25) is 5.91 Å². The van der Waals surface area contributed by atoms with Gasteiger partial charge in [-0.3, -0.25) is 4.79 Å². The van der Waals surface area contributed by atoms with Gasteiger partial charge >= 0.3 is 0 Å². The van der Waals surface area contributed by atoms with Crippen LogP contribution in [0.4, 0.5) is 5.00 Å². The monoisotopic (exact) mass is 464 g/mol. The number of thioether (sulfide) groups is 1. The molecule has 2 heterocycles. The Morgan fingerprint density at radius 3 is 2.65 bits per heavy atom. The highest BCUT2D eigenvalue weighted by atomic mass is 35.5. The molecule has 31 heavy (non-hydrogen) atoms. The van der Waals surface area contributed by atoms with Crippen molar-refractivity contribution in [2.24, 2.45) is 0 Å². The first kappa shape index (κ1) is 21.4. The lowest BCUT2D eigenvalue weighted by atomic mass is 9.96. The van der Waals surface area contributed by atoms with Crippen LogP contribution in [0.5, 0.6) is 0 Å². The Balaban J connectivity index is 1.49. The van der Waals surface area contributed by atoms with Gasteiger partial charge in [-0.1, -0.05) is 35.5 Å². The van der Waals surface area contributed by atoms with Gasteiger partial charge < -0.3 is 5.32 Å². The van der Waals surface area contributed by atoms with E-state index in [0.717, 1.165) is 36.8 Å². The number of rotatable bonds is 5. The minimum atomic E-state index is -0.220. The van der Waals surface area contributed by atoms with E-state index in [4.69, 9.17) is 11.6 Å². The van der Waals surface area contributed by atoms with Gasteiger partial charge in [0.15, 0.2) is 0 Å². The van der Waals surface area contributed by atoms with Gasteiger partial charge in [-0.2, -0.15) is 10.5 Å². The lowest BCUT2D eigenvalue weighted by Gasteiger charge is -2.09. The number of nitrogens with zero attached hydrogens (tertiary/aromatic N) is 3. The van der Waals surface area contributed by atoms with Crippen molar-refractivity contribution in [3.63, 3.8) is 0 Å². The van der Waals surface area contributed by atoms with Crippen molar-refractivity contribution in [3.05, 3.63) is 63.0 Å². The highest BCUT2D eigenvalue weighted by Crippen LogP contribution is 2.37. The predicted octanol–water partition coefficient (Wildman–Crippen LogP) is 5.82. The summed E-state index contributed by atoms with van der Waals surface area (Å²) in [6.45, 7) is 0. The van der Waals surface area contributed by atoms with E-state index in [9.17, 15) is 15.3 Å². The number of hydrogen-bond acceptors (Lipinski definition) is 6. The van der Waals surface area contributed by atoms with Crippen LogP contribution in [0.25, 0.3) is 11.3 Å². The molecule has 1 aliphatic carbocycles. The summed E-state index contributed by atoms with van der Waals surface area (Å²) in [5.74, 6) is -0.123. The Morgan fingerprint density at radius 1 is 1.13 bits per heavy atom. The third kappa shape index (κ3) is 4.75. The molecule has 0 bridgehead atoms. The third-order valence-electron chi connectivity index (χ3n) is 5.00. The molecule has 0 radical (unpaired) electrons. The Morgan fingerprint density at radius 2 is 1.90 bits per heavy atom. The first-order valence-corrected chi connectivity index (χ1v) is 11.9. The lowest BCUT2D eigenvalue weighted by Crippen LogP contribution is -2.14. The molecule has 154 valence electrons. The number of benzene rings is 1. The van der Waals surface area contributed by atoms with Gasteiger partial charge in [-0.15, -0.1) is 11.3 Å². The quantitative estimate of drug-likeness (QED) is 0.480. The van der Waals surface area contributed by atoms with Crippen LogP contribution in [0.3, 0.4) is 0 Å². The smallest absolute Gasteiger partial charge is 0.235 e. The van der Waals surface area contributed by atoms with Crippen LogP contribution in [0, 0.1) is 22.7 Å². The molecule has 8 heteroatoms. The number of nitriles is 2. The van der Waals surface area contributed by atoms with Crippen molar-refractivity contribution in [2.45, 2.75) is 30.7 Å². The van der Waals surface area contributed by atoms with Crippen molar-refractivity contribution in [2.75, 3.05) is 11.1 Å². The number of halogens is 1.